The van der Waals surface area contributed by atoms with Crippen molar-refractivity contribution in [2.45, 2.75) is 90.0 Å². The van der Waals surface area contributed by atoms with E-state index < -0.39 is 72.1 Å². The first kappa shape index (κ1) is 46.4. The molecule has 0 fully saturated rings. The quantitative estimate of drug-likeness (QED) is 0.0689. The number of amides is 6. The van der Waals surface area contributed by atoms with Crippen LogP contribution < -0.4 is 21.3 Å². The molecule has 4 aromatic rings. The van der Waals surface area contributed by atoms with Gasteiger partial charge in [0.1, 0.15) is 35.8 Å². The van der Waals surface area contributed by atoms with Crippen molar-refractivity contribution in [3.8, 4) is 11.5 Å². The van der Waals surface area contributed by atoms with Crippen LogP contribution in [-0.4, -0.2) is 115 Å². The lowest BCUT2D eigenvalue weighted by molar-refractivity contribution is -0.129. The van der Waals surface area contributed by atoms with Crippen molar-refractivity contribution >= 4 is 23.9 Å². The van der Waals surface area contributed by atoms with Crippen LogP contribution in [0.4, 0.5) is 9.59 Å². The Bertz CT molecular complexity index is 1830. The number of phenolic OH excluding ortho intramolecular Hbond substituents is 2. The van der Waals surface area contributed by atoms with Gasteiger partial charge in [-0.05, 0) is 84.3 Å². The van der Waals surface area contributed by atoms with Gasteiger partial charge in [-0.3, -0.25) is 19.6 Å². The van der Waals surface area contributed by atoms with Crippen LogP contribution in [0, 0.1) is 11.8 Å². The van der Waals surface area contributed by atoms with Gasteiger partial charge in [0.05, 0.1) is 36.6 Å². The summed E-state index contributed by atoms with van der Waals surface area (Å²) in [5.41, 5.74) is 2.49. The van der Waals surface area contributed by atoms with Crippen LogP contribution >= 0.6 is 0 Å². The molecule has 6 atom stereocenters. The summed E-state index contributed by atoms with van der Waals surface area (Å²) < 4.78 is 0. The van der Waals surface area contributed by atoms with E-state index in [0.29, 0.717) is 22.5 Å². The van der Waals surface area contributed by atoms with E-state index in [4.69, 9.17) is 0 Å². The summed E-state index contributed by atoms with van der Waals surface area (Å²) in [5, 5.41) is 55.2. The van der Waals surface area contributed by atoms with Gasteiger partial charge in [0.25, 0.3) is 0 Å². The zero-order chi connectivity index (χ0) is 43.9. The highest BCUT2D eigenvalue weighted by Gasteiger charge is 2.38. The molecule has 2 aromatic heterocycles. The lowest BCUT2D eigenvalue weighted by atomic mass is 9.90. The average molecular weight is 827 g/mol. The Morgan fingerprint density at radius 3 is 1.20 bits per heavy atom. The fraction of sp³-hybridized carbons (Fsp3) is 0.409. The monoisotopic (exact) mass is 826 g/mol. The average Bonchev–Trinajstić information content (AvgIpc) is 3.22. The molecule has 0 aliphatic rings. The molecule has 2 aromatic carbocycles. The summed E-state index contributed by atoms with van der Waals surface area (Å²) in [4.78, 5) is 66.0. The summed E-state index contributed by atoms with van der Waals surface area (Å²) in [6.07, 6.45) is -0.225. The number of aromatic hydroxyl groups is 2. The Labute approximate surface area is 351 Å². The fourth-order valence-corrected chi connectivity index (χ4v) is 6.48. The van der Waals surface area contributed by atoms with Gasteiger partial charge in [-0.1, -0.05) is 64.1 Å². The minimum Gasteiger partial charge on any atom is -0.508 e. The minimum atomic E-state index is -1.71. The summed E-state index contributed by atoms with van der Waals surface area (Å²) in [6, 6.07) is 17.4. The molecule has 0 saturated carbocycles. The SMILES string of the molecule is CC(C)[C@H](NC(=O)N(C)Cc1ccccn1)C(=O)N[C@@H](Cc1ccc(O)cc1)[C@@H](O)[C@H](O)[C@H](Cc1ccc(O)cc1)NC(=O)[C@@H](NC(=O)N(C)Cc1ccccn1)C(C)C. The Morgan fingerprint density at radius 2 is 0.900 bits per heavy atom. The summed E-state index contributed by atoms with van der Waals surface area (Å²) in [6.45, 7) is 7.40. The highest BCUT2D eigenvalue weighted by molar-refractivity contribution is 5.88. The van der Waals surface area contributed by atoms with Gasteiger partial charge in [-0.15, -0.1) is 0 Å². The molecular formula is C44H58N8O8. The summed E-state index contributed by atoms with van der Waals surface area (Å²) in [5.74, 6) is -2.05. The number of pyridine rings is 2. The van der Waals surface area contributed by atoms with Crippen molar-refractivity contribution in [2.75, 3.05) is 14.1 Å². The zero-order valence-corrected chi connectivity index (χ0v) is 34.9. The van der Waals surface area contributed by atoms with Crippen LogP contribution in [0.25, 0.3) is 0 Å². The Balaban J connectivity index is 1.59. The first-order valence-corrected chi connectivity index (χ1v) is 19.9. The molecule has 6 amide bonds. The van der Waals surface area contributed by atoms with Gasteiger partial charge in [0, 0.05) is 26.5 Å². The number of phenols is 2. The molecule has 4 rings (SSSR count). The van der Waals surface area contributed by atoms with E-state index in [-0.39, 0.29) is 37.4 Å². The number of hydrogen-bond acceptors (Lipinski definition) is 10. The van der Waals surface area contributed by atoms with Crippen LogP contribution in [0.15, 0.2) is 97.3 Å². The number of benzene rings is 2. The molecule has 0 radical (unpaired) electrons. The van der Waals surface area contributed by atoms with Gasteiger partial charge in [-0.25, -0.2) is 9.59 Å². The van der Waals surface area contributed by atoms with E-state index in [9.17, 15) is 39.6 Å². The number of carbonyl (C=O) groups is 4. The van der Waals surface area contributed by atoms with Gasteiger partial charge >= 0.3 is 12.1 Å². The van der Waals surface area contributed by atoms with E-state index in [2.05, 4.69) is 31.2 Å². The highest BCUT2D eigenvalue weighted by atomic mass is 16.3. The Morgan fingerprint density at radius 1 is 0.550 bits per heavy atom. The second kappa shape index (κ2) is 22.2. The third kappa shape index (κ3) is 13.9. The smallest absolute Gasteiger partial charge is 0.318 e. The molecule has 0 aliphatic heterocycles. The molecule has 16 heteroatoms. The second-order valence-corrected chi connectivity index (χ2v) is 15.6. The van der Waals surface area contributed by atoms with Crippen LogP contribution in [0.2, 0.25) is 0 Å². The van der Waals surface area contributed by atoms with Crippen LogP contribution in [0.1, 0.15) is 50.2 Å². The molecule has 60 heavy (non-hydrogen) atoms. The summed E-state index contributed by atoms with van der Waals surface area (Å²) in [7, 11) is 3.15. The number of nitrogens with zero attached hydrogens (tertiary/aromatic N) is 4. The van der Waals surface area contributed by atoms with E-state index in [1.54, 1.807) is 115 Å². The molecular weight excluding hydrogens is 769 g/mol. The van der Waals surface area contributed by atoms with E-state index >= 15 is 0 Å². The van der Waals surface area contributed by atoms with Crippen molar-refractivity contribution in [3.63, 3.8) is 0 Å². The van der Waals surface area contributed by atoms with Gasteiger partial charge in [0.15, 0.2) is 0 Å². The maximum Gasteiger partial charge on any atom is 0.318 e. The third-order valence-corrected chi connectivity index (χ3v) is 10.0. The molecule has 8 N–H and O–H groups in total. The first-order chi connectivity index (χ1) is 28.5. The predicted octanol–water partition coefficient (Wildman–Crippen LogP) is 3.10. The Hall–Kier alpha value is -6.26. The molecule has 322 valence electrons. The van der Waals surface area contributed by atoms with E-state index in [0.717, 1.165) is 0 Å². The second-order valence-electron chi connectivity index (χ2n) is 15.6. The fourth-order valence-electron chi connectivity index (χ4n) is 6.48. The number of rotatable bonds is 19. The van der Waals surface area contributed by atoms with Gasteiger partial charge in [0.2, 0.25) is 11.8 Å². The van der Waals surface area contributed by atoms with E-state index in [1.165, 1.54) is 34.1 Å². The normalized spacial score (nSPS) is 14.2. The molecule has 0 bridgehead atoms. The predicted molar refractivity (Wildman–Crippen MR) is 225 cm³/mol. The largest absolute Gasteiger partial charge is 0.508 e. The maximum absolute atomic E-state index is 14.1. The number of aromatic nitrogens is 2. The molecule has 0 saturated heterocycles. The highest BCUT2D eigenvalue weighted by Crippen LogP contribution is 2.19. The minimum absolute atomic E-state index is 0.00345. The van der Waals surface area contributed by atoms with Crippen molar-refractivity contribution in [1.29, 1.82) is 0 Å². The van der Waals surface area contributed by atoms with Gasteiger partial charge < -0.3 is 51.5 Å². The van der Waals surface area contributed by atoms with Crippen LogP contribution in [0.5, 0.6) is 11.5 Å². The number of carbonyl (C=O) groups excluding carboxylic acids is 4. The topological polar surface area (TPSA) is 230 Å². The van der Waals surface area contributed by atoms with Crippen molar-refractivity contribution < 1.29 is 39.6 Å². The van der Waals surface area contributed by atoms with Crippen molar-refractivity contribution in [1.82, 2.24) is 41.0 Å². The molecule has 0 aliphatic carbocycles. The Kier molecular flexibility index (Phi) is 17.2. The third-order valence-electron chi connectivity index (χ3n) is 10.0. The lowest BCUT2D eigenvalue weighted by Gasteiger charge is -2.35. The molecule has 0 unspecified atom stereocenters. The number of nitrogens with one attached hydrogen (secondary N) is 4. The van der Waals surface area contributed by atoms with E-state index in [1.807, 2.05) is 0 Å². The number of aliphatic hydroxyl groups excluding tert-OH is 2. The first-order valence-electron chi connectivity index (χ1n) is 19.9. The number of urea groups is 2. The lowest BCUT2D eigenvalue weighted by Crippen LogP contribution is -2.62. The standard InChI is InChI=1S/C44H58N8O8/c1-27(2)37(49-43(59)51(5)25-31-11-7-9-21-45-31)41(57)47-35(23-29-13-17-33(53)18-14-29)39(55)40(56)36(24-30-15-19-34(54)20-16-30)48-42(58)38(28(3)4)50-44(60)52(6)26-32-12-8-10-22-46-32/h7-22,27-28,35-40,53-56H,23-26H2,1-6H3,(H,47,57)(H,48,58)(H,49,59)(H,50,60)/t35-,36-,37-,38-,39+,40+/m0/s1. The van der Waals surface area contributed by atoms with Crippen LogP contribution in [-0.2, 0) is 35.5 Å². The number of hydrogen-bond donors (Lipinski definition) is 8. The molecule has 16 nitrogen and oxygen atoms in total. The summed E-state index contributed by atoms with van der Waals surface area (Å²) >= 11 is 0. The van der Waals surface area contributed by atoms with Crippen LogP contribution in [0.3, 0.4) is 0 Å². The number of aliphatic hydroxyl groups is 2. The van der Waals surface area contributed by atoms with Crippen molar-refractivity contribution in [2.24, 2.45) is 11.8 Å². The van der Waals surface area contributed by atoms with Crippen molar-refractivity contribution in [3.05, 3.63) is 120 Å². The van der Waals surface area contributed by atoms with Gasteiger partial charge in [-0.2, -0.15) is 0 Å². The zero-order valence-electron chi connectivity index (χ0n) is 34.9. The maximum atomic E-state index is 14.1. The molecule has 2 heterocycles. The molecule has 0 spiro atoms.